The van der Waals surface area contributed by atoms with E-state index in [1.807, 2.05) is 0 Å². The average molecular weight is 333 g/mol. The quantitative estimate of drug-likeness (QED) is 0.800. The zero-order valence-corrected chi connectivity index (χ0v) is 14.4. The third-order valence-electron chi connectivity index (χ3n) is 6.76. The summed E-state index contributed by atoms with van der Waals surface area (Å²) in [4.78, 5) is 14.3. The van der Waals surface area contributed by atoms with Crippen molar-refractivity contribution >= 4 is 5.91 Å². The first-order chi connectivity index (χ1) is 11.4. The topological polar surface area (TPSA) is 85.6 Å². The molecule has 5 aliphatic rings. The van der Waals surface area contributed by atoms with Crippen LogP contribution >= 0.6 is 0 Å². The number of amides is 1. The van der Waals surface area contributed by atoms with Gasteiger partial charge in [0.25, 0.3) is 0 Å². The smallest absolute Gasteiger partial charge is 0.237 e. The third-order valence-corrected chi connectivity index (χ3v) is 6.76. The Morgan fingerprint density at radius 3 is 2.92 bits per heavy atom. The van der Waals surface area contributed by atoms with E-state index in [4.69, 9.17) is 10.00 Å². The summed E-state index contributed by atoms with van der Waals surface area (Å²) in [5.74, 6) is 0.473. The van der Waals surface area contributed by atoms with Gasteiger partial charge >= 0.3 is 0 Å². The zero-order chi connectivity index (χ0) is 17.0. The molecule has 4 saturated carbocycles. The Morgan fingerprint density at radius 1 is 1.38 bits per heavy atom. The molecule has 1 amide bonds. The lowest BCUT2D eigenvalue weighted by atomic mass is 9.49. The average Bonchev–Trinajstić information content (AvgIpc) is 2.99. The van der Waals surface area contributed by atoms with Crippen molar-refractivity contribution in [2.75, 3.05) is 20.2 Å². The highest BCUT2D eigenvalue weighted by atomic mass is 16.5. The molecule has 4 bridgehead atoms. The maximum Gasteiger partial charge on any atom is 0.237 e. The van der Waals surface area contributed by atoms with Gasteiger partial charge in [-0.1, -0.05) is 0 Å². The van der Waals surface area contributed by atoms with E-state index in [-0.39, 0.29) is 29.6 Å². The summed E-state index contributed by atoms with van der Waals surface area (Å²) in [5.41, 5.74) is -1.11. The number of nitrogens with one attached hydrogen (secondary N) is 1. The van der Waals surface area contributed by atoms with Gasteiger partial charge in [-0.25, -0.2) is 0 Å². The van der Waals surface area contributed by atoms with Crippen LogP contribution in [0.1, 0.15) is 51.4 Å². The van der Waals surface area contributed by atoms with E-state index < -0.39 is 5.60 Å². The van der Waals surface area contributed by atoms with E-state index in [0.29, 0.717) is 25.3 Å². The number of rotatable bonds is 4. The fourth-order valence-electron chi connectivity index (χ4n) is 6.29. The molecule has 24 heavy (non-hydrogen) atoms. The van der Waals surface area contributed by atoms with Crippen LogP contribution in [0.2, 0.25) is 0 Å². The Morgan fingerprint density at radius 2 is 2.21 bits per heavy atom. The molecule has 0 spiro atoms. The highest BCUT2D eigenvalue weighted by Gasteiger charge is 2.63. The van der Waals surface area contributed by atoms with Gasteiger partial charge in [0, 0.05) is 25.6 Å². The molecule has 132 valence electrons. The van der Waals surface area contributed by atoms with Crippen LogP contribution in [-0.4, -0.2) is 58.9 Å². The molecule has 5 rings (SSSR count). The van der Waals surface area contributed by atoms with Crippen molar-refractivity contribution in [3.8, 4) is 6.07 Å². The van der Waals surface area contributed by atoms with Crippen molar-refractivity contribution < 1.29 is 14.6 Å². The number of aliphatic hydroxyl groups is 1. The molecule has 2 N–H and O–H groups in total. The first-order valence-electron chi connectivity index (χ1n) is 9.12. The minimum atomic E-state index is -0.658. The van der Waals surface area contributed by atoms with E-state index in [1.54, 1.807) is 12.0 Å². The fourth-order valence-corrected chi connectivity index (χ4v) is 6.29. The Kier molecular flexibility index (Phi) is 3.68. The van der Waals surface area contributed by atoms with Gasteiger partial charge in [-0.2, -0.15) is 5.26 Å². The summed E-state index contributed by atoms with van der Waals surface area (Å²) in [6, 6.07) is 1.95. The SMILES string of the molecule is COC12CC3CC(O)(CC(NCC(=O)N4CCC[C@H]4C#N)(C3)C1)C2. The van der Waals surface area contributed by atoms with Crippen LogP contribution in [0.3, 0.4) is 0 Å². The minimum absolute atomic E-state index is 0.00764. The first-order valence-corrected chi connectivity index (χ1v) is 9.12. The van der Waals surface area contributed by atoms with Gasteiger partial charge in [0.2, 0.25) is 5.91 Å². The summed E-state index contributed by atoms with van der Waals surface area (Å²) in [6.45, 7) is 0.932. The molecule has 1 heterocycles. The van der Waals surface area contributed by atoms with Gasteiger partial charge in [0.05, 0.1) is 23.8 Å². The monoisotopic (exact) mass is 333 g/mol. The van der Waals surface area contributed by atoms with Crippen LogP contribution < -0.4 is 5.32 Å². The molecule has 0 aromatic rings. The maximum atomic E-state index is 12.6. The molecule has 0 aromatic heterocycles. The summed E-state index contributed by atoms with van der Waals surface area (Å²) in [5, 5.41) is 23.6. The van der Waals surface area contributed by atoms with E-state index in [0.717, 1.165) is 38.5 Å². The molecular formula is C18H27N3O3. The van der Waals surface area contributed by atoms with E-state index >= 15 is 0 Å². The molecule has 1 saturated heterocycles. The van der Waals surface area contributed by atoms with Gasteiger partial charge in [-0.15, -0.1) is 0 Å². The number of methoxy groups -OCH3 is 1. The van der Waals surface area contributed by atoms with Crippen molar-refractivity contribution in [2.45, 2.75) is 74.1 Å². The van der Waals surface area contributed by atoms with Gasteiger partial charge in [-0.05, 0) is 50.9 Å². The van der Waals surface area contributed by atoms with Crippen molar-refractivity contribution in [3.63, 3.8) is 0 Å². The Balaban J connectivity index is 1.46. The summed E-state index contributed by atoms with van der Waals surface area (Å²) >= 11 is 0. The summed E-state index contributed by atoms with van der Waals surface area (Å²) < 4.78 is 5.84. The third kappa shape index (κ3) is 2.54. The number of carbonyl (C=O) groups excluding carboxylic acids is 1. The highest BCUT2D eigenvalue weighted by molar-refractivity contribution is 5.79. The van der Waals surface area contributed by atoms with E-state index in [2.05, 4.69) is 11.4 Å². The molecule has 5 atom stereocenters. The maximum absolute atomic E-state index is 12.6. The number of nitriles is 1. The predicted molar refractivity (Wildman–Crippen MR) is 87.0 cm³/mol. The Hall–Kier alpha value is -1.16. The standard InChI is InChI=1S/C18H27N3O3/c1-24-18-7-13-5-16(11-18,10-17(23,6-13)12-18)20-9-15(22)21-4-2-3-14(21)8-19/h13-14,20,23H,2-7,9-12H2,1H3/t13?,14-,16?,17?,18?/m0/s1. The Labute approximate surface area is 143 Å². The molecule has 0 radical (unpaired) electrons. The fraction of sp³-hybridized carbons (Fsp3) is 0.889. The van der Waals surface area contributed by atoms with E-state index in [9.17, 15) is 9.90 Å². The van der Waals surface area contributed by atoms with Crippen LogP contribution in [0.4, 0.5) is 0 Å². The summed E-state index contributed by atoms with van der Waals surface area (Å²) in [6.07, 6.45) is 6.86. The molecule has 1 aliphatic heterocycles. The second-order valence-corrected chi connectivity index (χ2v) is 8.63. The van der Waals surface area contributed by atoms with Crippen molar-refractivity contribution in [1.82, 2.24) is 10.2 Å². The van der Waals surface area contributed by atoms with Gasteiger partial charge in [0.15, 0.2) is 0 Å². The minimum Gasteiger partial charge on any atom is -0.390 e. The lowest BCUT2D eigenvalue weighted by Crippen LogP contribution is -2.71. The van der Waals surface area contributed by atoms with Crippen LogP contribution in [0.15, 0.2) is 0 Å². The van der Waals surface area contributed by atoms with Crippen molar-refractivity contribution in [1.29, 1.82) is 5.26 Å². The van der Waals surface area contributed by atoms with Gasteiger partial charge in [-0.3, -0.25) is 4.79 Å². The number of hydrogen-bond acceptors (Lipinski definition) is 5. The molecule has 5 fully saturated rings. The first kappa shape index (κ1) is 16.3. The molecule has 4 unspecified atom stereocenters. The predicted octanol–water partition coefficient (Wildman–Crippen LogP) is 0.943. The highest BCUT2D eigenvalue weighted by Crippen LogP contribution is 2.60. The van der Waals surface area contributed by atoms with Crippen LogP contribution in [0.25, 0.3) is 0 Å². The van der Waals surface area contributed by atoms with Crippen molar-refractivity contribution in [3.05, 3.63) is 0 Å². The van der Waals surface area contributed by atoms with Crippen LogP contribution in [-0.2, 0) is 9.53 Å². The van der Waals surface area contributed by atoms with Gasteiger partial charge in [0.1, 0.15) is 6.04 Å². The molecular weight excluding hydrogens is 306 g/mol. The number of hydrogen-bond donors (Lipinski definition) is 2. The molecule has 0 aromatic carbocycles. The lowest BCUT2D eigenvalue weighted by molar-refractivity contribution is -0.222. The number of nitrogens with zero attached hydrogens (tertiary/aromatic N) is 2. The summed E-state index contributed by atoms with van der Waals surface area (Å²) in [7, 11) is 1.75. The number of likely N-dealkylation sites (tertiary alicyclic amines) is 1. The molecule has 6 heteroatoms. The Bertz CT molecular complexity index is 591. The molecule has 6 nitrogen and oxygen atoms in total. The number of ether oxygens (including phenoxy) is 1. The zero-order valence-electron chi connectivity index (χ0n) is 14.4. The largest absolute Gasteiger partial charge is 0.390 e. The second kappa shape index (κ2) is 5.42. The van der Waals surface area contributed by atoms with Crippen LogP contribution in [0, 0.1) is 17.2 Å². The van der Waals surface area contributed by atoms with Gasteiger partial charge < -0.3 is 20.1 Å². The number of carbonyl (C=O) groups is 1. The van der Waals surface area contributed by atoms with E-state index in [1.165, 1.54) is 0 Å². The normalized spacial score (nSPS) is 46.3. The van der Waals surface area contributed by atoms with Crippen LogP contribution in [0.5, 0.6) is 0 Å². The second-order valence-electron chi connectivity index (χ2n) is 8.63. The molecule has 4 aliphatic carbocycles. The lowest BCUT2D eigenvalue weighted by Gasteiger charge is -2.64. The van der Waals surface area contributed by atoms with Crippen molar-refractivity contribution in [2.24, 2.45) is 5.92 Å².